The fraction of sp³-hybridized carbons (Fsp3) is 0.143. The Labute approximate surface area is 151 Å². The minimum absolute atomic E-state index is 0.0570. The van der Waals surface area contributed by atoms with Crippen molar-refractivity contribution in [1.29, 1.82) is 0 Å². The lowest BCUT2D eigenvalue weighted by Crippen LogP contribution is -2.34. The molecule has 0 bridgehead atoms. The van der Waals surface area contributed by atoms with E-state index in [-0.39, 0.29) is 18.0 Å². The molecule has 0 saturated carbocycles. The highest BCUT2D eigenvalue weighted by molar-refractivity contribution is 6.04. The molecule has 3 aromatic rings. The molecule has 0 saturated heterocycles. The Hall–Kier alpha value is -3.34. The topological polar surface area (TPSA) is 58.0 Å². The van der Waals surface area contributed by atoms with Crippen LogP contribution < -0.4 is 4.74 Å². The molecule has 2 aliphatic heterocycles. The minimum Gasteiger partial charge on any atom is -0.507 e. The van der Waals surface area contributed by atoms with Crippen molar-refractivity contribution < 1.29 is 9.84 Å². The van der Waals surface area contributed by atoms with Gasteiger partial charge in [-0.1, -0.05) is 36.4 Å². The number of para-hydroxylation sites is 2. The maximum Gasteiger partial charge on any atom is 0.230 e. The second-order valence-corrected chi connectivity index (χ2v) is 6.43. The maximum atomic E-state index is 10.2. The first-order chi connectivity index (χ1) is 12.8. The second kappa shape index (κ2) is 5.88. The quantitative estimate of drug-likeness (QED) is 0.763. The molecule has 5 rings (SSSR count). The van der Waals surface area contributed by atoms with Crippen molar-refractivity contribution in [2.75, 3.05) is 0 Å². The zero-order chi connectivity index (χ0) is 17.5. The number of aromatic hydroxyl groups is 1. The molecule has 1 N–H and O–H groups in total. The van der Waals surface area contributed by atoms with Crippen molar-refractivity contribution in [3.63, 3.8) is 0 Å². The van der Waals surface area contributed by atoms with Gasteiger partial charge in [-0.3, -0.25) is 4.98 Å². The predicted octanol–water partition coefficient (Wildman–Crippen LogP) is 4.03. The summed E-state index contributed by atoms with van der Waals surface area (Å²) in [6.45, 7) is 0. The lowest BCUT2D eigenvalue weighted by atomic mass is 9.96. The highest BCUT2D eigenvalue weighted by Gasteiger charge is 2.41. The van der Waals surface area contributed by atoms with Gasteiger partial charge >= 0.3 is 0 Å². The summed E-state index contributed by atoms with van der Waals surface area (Å²) in [6, 6.07) is 21.2. The zero-order valence-corrected chi connectivity index (χ0v) is 14.0. The second-order valence-electron chi connectivity index (χ2n) is 6.43. The molecule has 2 aliphatic rings. The lowest BCUT2D eigenvalue weighted by molar-refractivity contribution is -0.0218. The van der Waals surface area contributed by atoms with Gasteiger partial charge in [-0.25, -0.2) is 5.01 Å². The Morgan fingerprint density at radius 1 is 0.962 bits per heavy atom. The summed E-state index contributed by atoms with van der Waals surface area (Å²) < 4.78 is 6.24. The van der Waals surface area contributed by atoms with Crippen LogP contribution in [-0.4, -0.2) is 20.8 Å². The van der Waals surface area contributed by atoms with E-state index in [4.69, 9.17) is 9.84 Å². The molecule has 0 aliphatic carbocycles. The molecular formula is C21H17N3O2. The van der Waals surface area contributed by atoms with E-state index in [1.54, 1.807) is 12.3 Å². The summed E-state index contributed by atoms with van der Waals surface area (Å²) in [5.41, 5.74) is 3.54. The van der Waals surface area contributed by atoms with E-state index in [9.17, 15) is 5.11 Å². The summed E-state index contributed by atoms with van der Waals surface area (Å²) in [7, 11) is 0. The molecule has 3 heterocycles. The molecule has 5 heteroatoms. The van der Waals surface area contributed by atoms with E-state index in [1.807, 2.05) is 59.6 Å². The highest BCUT2D eigenvalue weighted by atomic mass is 16.5. The van der Waals surface area contributed by atoms with Crippen LogP contribution >= 0.6 is 0 Å². The fourth-order valence-electron chi connectivity index (χ4n) is 3.63. The van der Waals surface area contributed by atoms with E-state index in [1.165, 1.54) is 0 Å². The molecule has 0 fully saturated rings. The average molecular weight is 343 g/mol. The molecule has 0 spiro atoms. The van der Waals surface area contributed by atoms with Crippen molar-refractivity contribution in [2.24, 2.45) is 5.10 Å². The monoisotopic (exact) mass is 343 g/mol. The van der Waals surface area contributed by atoms with Crippen molar-refractivity contribution >= 4 is 5.71 Å². The molecule has 0 unspecified atom stereocenters. The van der Waals surface area contributed by atoms with Gasteiger partial charge in [0.2, 0.25) is 6.23 Å². The van der Waals surface area contributed by atoms with Gasteiger partial charge in [0.15, 0.2) is 0 Å². The average Bonchev–Trinajstić information content (AvgIpc) is 3.14. The number of ether oxygens (including phenoxy) is 1. The summed E-state index contributed by atoms with van der Waals surface area (Å²) in [5, 5.41) is 17.0. The molecule has 0 amide bonds. The van der Waals surface area contributed by atoms with E-state index in [0.29, 0.717) is 6.42 Å². The van der Waals surface area contributed by atoms with E-state index in [0.717, 1.165) is 28.3 Å². The van der Waals surface area contributed by atoms with Gasteiger partial charge in [-0.05, 0) is 30.3 Å². The number of phenols is 1. The number of hydrogen-bond donors (Lipinski definition) is 1. The Balaban J connectivity index is 1.62. The predicted molar refractivity (Wildman–Crippen MR) is 97.9 cm³/mol. The summed E-state index contributed by atoms with van der Waals surface area (Å²) in [4.78, 5) is 4.47. The number of phenolic OH excluding ortho intramolecular Hbond substituents is 1. The third kappa shape index (κ3) is 2.32. The number of hydrogen-bond acceptors (Lipinski definition) is 5. The Kier molecular flexibility index (Phi) is 3.38. The summed E-state index contributed by atoms with van der Waals surface area (Å²) in [6.07, 6.45) is 2.08. The van der Waals surface area contributed by atoms with E-state index in [2.05, 4.69) is 11.1 Å². The van der Waals surface area contributed by atoms with Gasteiger partial charge < -0.3 is 9.84 Å². The van der Waals surface area contributed by atoms with Crippen molar-refractivity contribution in [3.05, 3.63) is 89.7 Å². The van der Waals surface area contributed by atoms with Gasteiger partial charge in [0.25, 0.3) is 0 Å². The van der Waals surface area contributed by atoms with Crippen LogP contribution in [0, 0.1) is 0 Å². The third-order valence-corrected chi connectivity index (χ3v) is 4.85. The maximum absolute atomic E-state index is 10.2. The molecule has 0 radical (unpaired) electrons. The minimum atomic E-state index is -0.389. The zero-order valence-electron chi connectivity index (χ0n) is 14.0. The number of pyridine rings is 1. The highest BCUT2D eigenvalue weighted by Crippen LogP contribution is 2.47. The molecule has 1 aromatic heterocycles. The van der Waals surface area contributed by atoms with Crippen LogP contribution in [0.3, 0.4) is 0 Å². The van der Waals surface area contributed by atoms with Gasteiger partial charge in [-0.15, -0.1) is 0 Å². The van der Waals surface area contributed by atoms with Crippen LogP contribution in [0.5, 0.6) is 11.5 Å². The van der Waals surface area contributed by atoms with Crippen molar-refractivity contribution in [1.82, 2.24) is 9.99 Å². The number of nitrogens with zero attached hydrogens (tertiary/aromatic N) is 3. The number of hydrazone groups is 1. The molecule has 26 heavy (non-hydrogen) atoms. The van der Waals surface area contributed by atoms with Crippen LogP contribution in [0.4, 0.5) is 0 Å². The largest absolute Gasteiger partial charge is 0.507 e. The number of rotatable bonds is 2. The molecule has 5 nitrogen and oxygen atoms in total. The first-order valence-electron chi connectivity index (χ1n) is 8.62. The van der Waals surface area contributed by atoms with Crippen LogP contribution in [0.1, 0.15) is 35.5 Å². The smallest absolute Gasteiger partial charge is 0.230 e. The summed E-state index contributed by atoms with van der Waals surface area (Å²) in [5.74, 6) is 1.10. The molecular weight excluding hydrogens is 326 g/mol. The number of aromatic nitrogens is 1. The summed E-state index contributed by atoms with van der Waals surface area (Å²) >= 11 is 0. The van der Waals surface area contributed by atoms with Crippen LogP contribution in [0.15, 0.2) is 78.0 Å². The fourth-order valence-corrected chi connectivity index (χ4v) is 3.63. The Morgan fingerprint density at radius 3 is 2.62 bits per heavy atom. The van der Waals surface area contributed by atoms with Crippen LogP contribution in [0.2, 0.25) is 0 Å². The van der Waals surface area contributed by atoms with Crippen molar-refractivity contribution in [2.45, 2.75) is 18.7 Å². The van der Waals surface area contributed by atoms with Gasteiger partial charge in [0.1, 0.15) is 17.2 Å². The Bertz CT molecular complexity index is 987. The molecule has 2 atom stereocenters. The molecule has 128 valence electrons. The number of benzene rings is 2. The standard InChI is InChI=1S/C21H17N3O2/c25-19-10-3-1-7-14(19)17-13-18-15-8-2-4-11-20(15)26-21(24(18)23-17)16-9-5-6-12-22-16/h1-12,18,21,25H,13H2/t18-,21-/m0/s1. The Morgan fingerprint density at radius 2 is 1.77 bits per heavy atom. The SMILES string of the molecule is Oc1ccccc1C1=NN2[C@@H](C1)c1ccccc1O[C@H]2c1ccccn1. The first-order valence-corrected chi connectivity index (χ1v) is 8.62. The number of fused-ring (bicyclic) bond motifs is 3. The van der Waals surface area contributed by atoms with Gasteiger partial charge in [-0.2, -0.15) is 5.10 Å². The van der Waals surface area contributed by atoms with Crippen LogP contribution in [0.25, 0.3) is 0 Å². The van der Waals surface area contributed by atoms with E-state index >= 15 is 0 Å². The van der Waals surface area contributed by atoms with Gasteiger partial charge in [0.05, 0.1) is 11.8 Å². The lowest BCUT2D eigenvalue weighted by Gasteiger charge is -2.37. The van der Waals surface area contributed by atoms with Gasteiger partial charge in [0, 0.05) is 23.7 Å². The van der Waals surface area contributed by atoms with E-state index < -0.39 is 0 Å². The first kappa shape index (κ1) is 15.0. The van der Waals surface area contributed by atoms with Crippen molar-refractivity contribution in [3.8, 4) is 11.5 Å². The third-order valence-electron chi connectivity index (χ3n) is 4.85. The molecule has 2 aromatic carbocycles. The van der Waals surface area contributed by atoms with Crippen LogP contribution in [-0.2, 0) is 0 Å². The normalized spacial score (nSPS) is 20.8.